The van der Waals surface area contributed by atoms with E-state index >= 15 is 0 Å². The van der Waals surface area contributed by atoms with Gasteiger partial charge in [-0.3, -0.25) is 0 Å². The van der Waals surface area contributed by atoms with Crippen molar-refractivity contribution in [3.63, 3.8) is 0 Å². The molecule has 2 amide bonds. The molecule has 7 nitrogen and oxygen atoms in total. The average Bonchev–Trinajstić information content (AvgIpc) is 2.63. The lowest BCUT2D eigenvalue weighted by Crippen LogP contribution is -2.19. The van der Waals surface area contributed by atoms with Crippen molar-refractivity contribution < 1.29 is 22.5 Å². The number of aryl methyl sites for hydroxylation is 1. The van der Waals surface area contributed by atoms with Gasteiger partial charge in [-0.05, 0) is 61.0 Å². The minimum absolute atomic E-state index is 0.0518. The molecule has 0 aliphatic heterocycles. The summed E-state index contributed by atoms with van der Waals surface area (Å²) in [6, 6.07) is 17.9. The maximum atomic E-state index is 12.4. The van der Waals surface area contributed by atoms with Gasteiger partial charge in [-0.25, -0.2) is 4.79 Å². The number of nitrogens with one attached hydrogen (secondary N) is 2. The molecule has 0 aromatic heterocycles. The number of carbonyl (C=O) groups is 1. The van der Waals surface area contributed by atoms with E-state index in [2.05, 4.69) is 10.6 Å². The van der Waals surface area contributed by atoms with Crippen LogP contribution in [0.25, 0.3) is 0 Å². The largest absolute Gasteiger partial charge is 0.508 e. The van der Waals surface area contributed by atoms with Gasteiger partial charge in [0.05, 0.1) is 0 Å². The first kappa shape index (κ1) is 19.2. The van der Waals surface area contributed by atoms with Crippen molar-refractivity contribution in [1.29, 1.82) is 0 Å². The highest BCUT2D eigenvalue weighted by Gasteiger charge is 2.17. The van der Waals surface area contributed by atoms with E-state index in [1.807, 2.05) is 0 Å². The smallest absolute Gasteiger partial charge is 0.339 e. The van der Waals surface area contributed by atoms with Crippen LogP contribution in [-0.2, 0) is 10.1 Å². The maximum absolute atomic E-state index is 12.4. The molecule has 8 heteroatoms. The molecule has 0 saturated carbocycles. The Morgan fingerprint density at radius 2 is 1.57 bits per heavy atom. The number of rotatable bonds is 5. The molecule has 144 valence electrons. The van der Waals surface area contributed by atoms with Gasteiger partial charge < -0.3 is 19.9 Å². The Labute approximate surface area is 162 Å². The van der Waals surface area contributed by atoms with Gasteiger partial charge in [0, 0.05) is 17.4 Å². The van der Waals surface area contributed by atoms with Crippen LogP contribution >= 0.6 is 0 Å². The van der Waals surface area contributed by atoms with Crippen molar-refractivity contribution in [1.82, 2.24) is 0 Å². The zero-order valence-electron chi connectivity index (χ0n) is 14.9. The normalized spacial score (nSPS) is 10.9. The molecule has 0 fully saturated rings. The van der Waals surface area contributed by atoms with Crippen molar-refractivity contribution in [2.75, 3.05) is 10.6 Å². The van der Waals surface area contributed by atoms with Crippen molar-refractivity contribution in [3.05, 3.63) is 78.4 Å². The van der Waals surface area contributed by atoms with Crippen LogP contribution < -0.4 is 14.8 Å². The molecular formula is C20H18N2O5S. The van der Waals surface area contributed by atoms with E-state index < -0.39 is 16.1 Å². The predicted molar refractivity (Wildman–Crippen MR) is 106 cm³/mol. The number of hydrogen-bond acceptors (Lipinski definition) is 5. The second-order valence-electron chi connectivity index (χ2n) is 6.01. The van der Waals surface area contributed by atoms with Gasteiger partial charge in [-0.15, -0.1) is 0 Å². The number of phenols is 1. The van der Waals surface area contributed by atoms with E-state index in [-0.39, 0.29) is 16.4 Å². The van der Waals surface area contributed by atoms with Crippen LogP contribution in [0, 0.1) is 6.92 Å². The molecule has 28 heavy (non-hydrogen) atoms. The summed E-state index contributed by atoms with van der Waals surface area (Å²) in [6.07, 6.45) is 0. The molecule has 0 unspecified atom stereocenters. The van der Waals surface area contributed by atoms with Crippen LogP contribution in [0.5, 0.6) is 11.5 Å². The Bertz CT molecular complexity index is 1100. The predicted octanol–water partition coefficient (Wildman–Crippen LogP) is 4.11. The van der Waals surface area contributed by atoms with Gasteiger partial charge in [0.1, 0.15) is 16.4 Å². The van der Waals surface area contributed by atoms with E-state index in [9.17, 15) is 18.3 Å². The minimum Gasteiger partial charge on any atom is -0.508 e. The number of carbonyl (C=O) groups excluding carboxylic acids is 1. The number of phenolic OH excluding ortho intramolecular Hbond substituents is 1. The van der Waals surface area contributed by atoms with Crippen LogP contribution in [0.4, 0.5) is 16.2 Å². The van der Waals surface area contributed by atoms with Crippen molar-refractivity contribution in [3.8, 4) is 11.5 Å². The van der Waals surface area contributed by atoms with Gasteiger partial charge in [-0.2, -0.15) is 8.42 Å². The molecule has 0 bridgehead atoms. The van der Waals surface area contributed by atoms with Crippen LogP contribution in [0.15, 0.2) is 77.7 Å². The molecular weight excluding hydrogens is 380 g/mol. The fraction of sp³-hybridized carbons (Fsp3) is 0.0500. The van der Waals surface area contributed by atoms with Gasteiger partial charge in [0.25, 0.3) is 0 Å². The molecule has 0 saturated heterocycles. The Balaban J connectivity index is 1.70. The van der Waals surface area contributed by atoms with E-state index in [1.54, 1.807) is 43.3 Å². The first-order valence-electron chi connectivity index (χ1n) is 8.30. The number of aromatic hydroxyl groups is 1. The molecule has 0 radical (unpaired) electrons. The number of anilines is 2. The topological polar surface area (TPSA) is 105 Å². The minimum atomic E-state index is -3.99. The van der Waals surface area contributed by atoms with Gasteiger partial charge in [0.15, 0.2) is 0 Å². The lowest BCUT2D eigenvalue weighted by Gasteiger charge is -2.10. The Hall–Kier alpha value is -3.52. The van der Waals surface area contributed by atoms with Crippen molar-refractivity contribution in [2.45, 2.75) is 11.8 Å². The quantitative estimate of drug-likeness (QED) is 0.443. The molecule has 0 aliphatic carbocycles. The zero-order valence-corrected chi connectivity index (χ0v) is 15.7. The number of hydrogen-bond donors (Lipinski definition) is 3. The Kier molecular flexibility index (Phi) is 5.51. The number of urea groups is 1. The number of benzene rings is 3. The molecule has 3 rings (SSSR count). The van der Waals surface area contributed by atoms with Crippen molar-refractivity contribution in [2.24, 2.45) is 0 Å². The lowest BCUT2D eigenvalue weighted by molar-refractivity contribution is 0.262. The molecule has 0 heterocycles. The third-order valence-electron chi connectivity index (χ3n) is 3.70. The van der Waals surface area contributed by atoms with E-state index in [0.29, 0.717) is 11.4 Å². The highest BCUT2D eigenvalue weighted by molar-refractivity contribution is 7.87. The van der Waals surface area contributed by atoms with E-state index in [4.69, 9.17) is 4.18 Å². The standard InChI is InChI=1S/C20H18N2O5S/c1-14-4-2-7-19(12-14)28(25,26)27-18-6-3-5-16(13-18)22-20(24)21-15-8-10-17(23)11-9-15/h2-13,23H,1H3,(H2,21,22,24). The third-order valence-corrected chi connectivity index (χ3v) is 4.94. The fourth-order valence-electron chi connectivity index (χ4n) is 2.41. The van der Waals surface area contributed by atoms with Gasteiger partial charge in [-0.1, -0.05) is 18.2 Å². The molecule has 3 aromatic carbocycles. The van der Waals surface area contributed by atoms with Crippen LogP contribution in [-0.4, -0.2) is 19.6 Å². The van der Waals surface area contributed by atoms with Gasteiger partial charge in [0.2, 0.25) is 0 Å². The fourth-order valence-corrected chi connectivity index (χ4v) is 3.44. The summed E-state index contributed by atoms with van der Waals surface area (Å²) in [5.41, 5.74) is 1.64. The van der Waals surface area contributed by atoms with Crippen LogP contribution in [0.3, 0.4) is 0 Å². The lowest BCUT2D eigenvalue weighted by atomic mass is 10.2. The molecule has 0 spiro atoms. The monoisotopic (exact) mass is 398 g/mol. The third kappa shape index (κ3) is 5.01. The summed E-state index contributed by atoms with van der Waals surface area (Å²) in [6.45, 7) is 1.79. The molecule has 0 aliphatic rings. The highest BCUT2D eigenvalue weighted by atomic mass is 32.2. The first-order chi connectivity index (χ1) is 13.3. The highest BCUT2D eigenvalue weighted by Crippen LogP contribution is 2.23. The van der Waals surface area contributed by atoms with Crippen LogP contribution in [0.1, 0.15) is 5.56 Å². The summed E-state index contributed by atoms with van der Waals surface area (Å²) < 4.78 is 30.0. The van der Waals surface area contributed by atoms with Crippen LogP contribution in [0.2, 0.25) is 0 Å². The van der Waals surface area contributed by atoms with E-state index in [0.717, 1.165) is 5.56 Å². The zero-order chi connectivity index (χ0) is 20.1. The molecule has 3 N–H and O–H groups in total. The average molecular weight is 398 g/mol. The first-order valence-corrected chi connectivity index (χ1v) is 9.71. The summed E-state index contributed by atoms with van der Waals surface area (Å²) >= 11 is 0. The second kappa shape index (κ2) is 8.01. The Morgan fingerprint density at radius 1 is 0.893 bits per heavy atom. The SMILES string of the molecule is Cc1cccc(S(=O)(=O)Oc2cccc(NC(=O)Nc3ccc(O)cc3)c2)c1. The summed E-state index contributed by atoms with van der Waals surface area (Å²) in [4.78, 5) is 12.1. The van der Waals surface area contributed by atoms with Crippen molar-refractivity contribution >= 4 is 27.5 Å². The molecule has 0 atom stereocenters. The Morgan fingerprint density at radius 3 is 2.29 bits per heavy atom. The second-order valence-corrected chi connectivity index (χ2v) is 7.55. The van der Waals surface area contributed by atoms with Gasteiger partial charge >= 0.3 is 16.1 Å². The van der Waals surface area contributed by atoms with E-state index in [1.165, 1.54) is 36.4 Å². The maximum Gasteiger partial charge on any atom is 0.339 e. The number of amides is 2. The summed E-state index contributed by atoms with van der Waals surface area (Å²) in [7, 11) is -3.99. The molecule has 3 aromatic rings. The summed E-state index contributed by atoms with van der Waals surface area (Å²) in [5, 5.41) is 14.4. The summed E-state index contributed by atoms with van der Waals surface area (Å²) in [5.74, 6) is 0.162.